The Kier molecular flexibility index (Phi) is 3.41. The molecule has 0 unspecified atom stereocenters. The minimum Gasteiger partial charge on any atom is -0.361 e. The van der Waals surface area contributed by atoms with E-state index in [1.165, 1.54) is 4.70 Å². The first kappa shape index (κ1) is 14.4. The van der Waals surface area contributed by atoms with Gasteiger partial charge >= 0.3 is 0 Å². The van der Waals surface area contributed by atoms with Crippen LogP contribution in [0.4, 0.5) is 0 Å². The van der Waals surface area contributed by atoms with Gasteiger partial charge in [0.05, 0.1) is 22.0 Å². The highest BCUT2D eigenvalue weighted by atomic mass is 32.1. The summed E-state index contributed by atoms with van der Waals surface area (Å²) in [7, 11) is 0. The molecule has 118 valence electrons. The number of thiazole rings is 1. The number of nitrogens with zero attached hydrogens (tertiary/aromatic N) is 3. The molecule has 1 aliphatic rings. The first-order valence-electron chi connectivity index (χ1n) is 7.74. The Morgan fingerprint density at radius 2 is 2.17 bits per heavy atom. The van der Waals surface area contributed by atoms with Gasteiger partial charge in [0.25, 0.3) is 5.91 Å². The van der Waals surface area contributed by atoms with E-state index in [0.717, 1.165) is 29.9 Å². The van der Waals surface area contributed by atoms with E-state index in [1.807, 2.05) is 30.0 Å². The van der Waals surface area contributed by atoms with Gasteiger partial charge in [0.1, 0.15) is 16.3 Å². The van der Waals surface area contributed by atoms with Crippen LogP contribution in [0.15, 0.2) is 28.8 Å². The topological polar surface area (TPSA) is 59.2 Å². The maximum Gasteiger partial charge on any atom is 0.259 e. The van der Waals surface area contributed by atoms with Gasteiger partial charge in [0, 0.05) is 6.54 Å². The number of rotatable bonds is 2. The number of amides is 1. The van der Waals surface area contributed by atoms with E-state index in [1.54, 1.807) is 18.3 Å². The van der Waals surface area contributed by atoms with Gasteiger partial charge in [-0.2, -0.15) is 0 Å². The lowest BCUT2D eigenvalue weighted by atomic mass is 10.1. The molecule has 1 saturated heterocycles. The number of carbonyl (C=O) groups is 1. The van der Waals surface area contributed by atoms with E-state index in [4.69, 9.17) is 9.51 Å². The third-order valence-corrected chi connectivity index (χ3v) is 5.49. The molecule has 2 aromatic heterocycles. The summed E-state index contributed by atoms with van der Waals surface area (Å²) in [6.07, 6.45) is 1.95. The molecule has 0 aliphatic carbocycles. The molecule has 1 aliphatic heterocycles. The molecule has 1 fully saturated rings. The number of likely N-dealkylation sites (tertiary alicyclic amines) is 1. The fraction of sp³-hybridized carbons (Fsp3) is 0.353. The molecular formula is C17H17N3O2S. The van der Waals surface area contributed by atoms with Crippen molar-refractivity contribution in [2.75, 3.05) is 6.54 Å². The maximum atomic E-state index is 13.0. The molecule has 6 heteroatoms. The Bertz CT molecular complexity index is 830. The van der Waals surface area contributed by atoms with Gasteiger partial charge in [-0.25, -0.2) is 4.98 Å². The molecule has 1 aromatic carbocycles. The molecule has 1 atom stereocenters. The van der Waals surface area contributed by atoms with E-state index in [-0.39, 0.29) is 11.9 Å². The monoisotopic (exact) mass is 327 g/mol. The van der Waals surface area contributed by atoms with Gasteiger partial charge in [-0.05, 0) is 38.8 Å². The number of hydrogen-bond acceptors (Lipinski definition) is 5. The van der Waals surface area contributed by atoms with Crippen molar-refractivity contribution < 1.29 is 9.32 Å². The Morgan fingerprint density at radius 1 is 1.35 bits per heavy atom. The lowest BCUT2D eigenvalue weighted by molar-refractivity contribution is 0.0733. The van der Waals surface area contributed by atoms with E-state index in [0.29, 0.717) is 17.0 Å². The molecular weight excluding hydrogens is 310 g/mol. The van der Waals surface area contributed by atoms with Gasteiger partial charge in [-0.1, -0.05) is 17.3 Å². The Balaban J connectivity index is 1.70. The number of aryl methyl sites for hydroxylation is 2. The van der Waals surface area contributed by atoms with Gasteiger partial charge in [-0.15, -0.1) is 11.3 Å². The van der Waals surface area contributed by atoms with Crippen molar-refractivity contribution in [1.82, 2.24) is 15.0 Å². The van der Waals surface area contributed by atoms with Crippen LogP contribution in [-0.2, 0) is 0 Å². The van der Waals surface area contributed by atoms with Gasteiger partial charge in [-0.3, -0.25) is 4.79 Å². The summed E-state index contributed by atoms with van der Waals surface area (Å²) in [5.41, 5.74) is 2.25. The number of fused-ring (bicyclic) bond motifs is 1. The second kappa shape index (κ2) is 5.45. The second-order valence-electron chi connectivity index (χ2n) is 5.88. The average molecular weight is 327 g/mol. The molecule has 5 nitrogen and oxygen atoms in total. The highest BCUT2D eigenvalue weighted by molar-refractivity contribution is 7.18. The van der Waals surface area contributed by atoms with Gasteiger partial charge in [0.15, 0.2) is 0 Å². The van der Waals surface area contributed by atoms with Crippen LogP contribution in [0.5, 0.6) is 0 Å². The van der Waals surface area contributed by atoms with Crippen LogP contribution >= 0.6 is 11.3 Å². The van der Waals surface area contributed by atoms with Crippen molar-refractivity contribution in [3.05, 3.63) is 46.3 Å². The predicted octanol–water partition coefficient (Wildman–Crippen LogP) is 3.88. The Morgan fingerprint density at radius 3 is 2.91 bits per heavy atom. The van der Waals surface area contributed by atoms with Crippen LogP contribution in [-0.4, -0.2) is 27.5 Å². The molecule has 0 N–H and O–H groups in total. The fourth-order valence-electron chi connectivity index (χ4n) is 3.23. The lowest BCUT2D eigenvalue weighted by Gasteiger charge is -2.22. The first-order valence-corrected chi connectivity index (χ1v) is 8.56. The zero-order valence-electron chi connectivity index (χ0n) is 13.1. The summed E-state index contributed by atoms with van der Waals surface area (Å²) in [4.78, 5) is 19.6. The third kappa shape index (κ3) is 2.34. The van der Waals surface area contributed by atoms with Crippen LogP contribution in [0, 0.1) is 13.8 Å². The molecule has 0 spiro atoms. The van der Waals surface area contributed by atoms with Crippen LogP contribution in [0.1, 0.15) is 45.7 Å². The Labute approximate surface area is 137 Å². The smallest absolute Gasteiger partial charge is 0.259 e. The summed E-state index contributed by atoms with van der Waals surface area (Å²) in [6, 6.07) is 8.16. The van der Waals surface area contributed by atoms with Gasteiger partial charge in [0.2, 0.25) is 0 Å². The number of carbonyl (C=O) groups excluding carboxylic acids is 1. The van der Waals surface area contributed by atoms with Crippen LogP contribution in [0.3, 0.4) is 0 Å². The van der Waals surface area contributed by atoms with Crippen molar-refractivity contribution in [3.63, 3.8) is 0 Å². The highest BCUT2D eigenvalue weighted by Gasteiger charge is 2.35. The van der Waals surface area contributed by atoms with Crippen LogP contribution in [0.2, 0.25) is 0 Å². The number of benzene rings is 1. The van der Waals surface area contributed by atoms with Crippen molar-refractivity contribution >= 4 is 27.5 Å². The molecule has 0 saturated carbocycles. The number of aromatic nitrogens is 2. The highest BCUT2D eigenvalue weighted by Crippen LogP contribution is 2.37. The van der Waals surface area contributed by atoms with Crippen LogP contribution < -0.4 is 0 Å². The minimum atomic E-state index is 0.00278. The quantitative estimate of drug-likeness (QED) is 0.717. The second-order valence-corrected chi connectivity index (χ2v) is 6.94. The summed E-state index contributed by atoms with van der Waals surface area (Å²) in [6.45, 7) is 4.35. The van der Waals surface area contributed by atoms with Crippen molar-refractivity contribution in [2.24, 2.45) is 0 Å². The molecule has 3 heterocycles. The normalized spacial score (nSPS) is 18.0. The number of hydrogen-bond donors (Lipinski definition) is 0. The molecule has 0 bridgehead atoms. The number of para-hydroxylation sites is 1. The fourth-order valence-corrected chi connectivity index (χ4v) is 4.35. The average Bonchev–Trinajstić information content (AvgIpc) is 3.24. The van der Waals surface area contributed by atoms with E-state index >= 15 is 0 Å². The minimum absolute atomic E-state index is 0.00278. The summed E-state index contributed by atoms with van der Waals surface area (Å²) >= 11 is 1.68. The first-order chi connectivity index (χ1) is 11.1. The largest absolute Gasteiger partial charge is 0.361 e. The molecule has 1 amide bonds. The predicted molar refractivity (Wildman–Crippen MR) is 88.6 cm³/mol. The SMILES string of the molecule is Cc1noc(C)c1C(=O)N1CCC[C@H]1c1nc2ccccc2s1. The molecule has 0 radical (unpaired) electrons. The molecule has 23 heavy (non-hydrogen) atoms. The molecule has 3 aromatic rings. The third-order valence-electron chi connectivity index (χ3n) is 4.36. The molecule has 4 rings (SSSR count). The van der Waals surface area contributed by atoms with Crippen molar-refractivity contribution in [1.29, 1.82) is 0 Å². The summed E-state index contributed by atoms with van der Waals surface area (Å²) < 4.78 is 6.32. The summed E-state index contributed by atoms with van der Waals surface area (Å²) in [5.74, 6) is 0.588. The van der Waals surface area contributed by atoms with E-state index < -0.39 is 0 Å². The zero-order chi connectivity index (χ0) is 16.0. The zero-order valence-corrected chi connectivity index (χ0v) is 13.9. The van der Waals surface area contributed by atoms with Crippen molar-refractivity contribution in [3.8, 4) is 0 Å². The lowest BCUT2D eigenvalue weighted by Crippen LogP contribution is -2.31. The van der Waals surface area contributed by atoms with Crippen molar-refractivity contribution in [2.45, 2.75) is 32.7 Å². The summed E-state index contributed by atoms with van der Waals surface area (Å²) in [5, 5.41) is 4.92. The van der Waals surface area contributed by atoms with Crippen LogP contribution in [0.25, 0.3) is 10.2 Å². The Hall–Kier alpha value is -2.21. The maximum absolute atomic E-state index is 13.0. The van der Waals surface area contributed by atoms with E-state index in [2.05, 4.69) is 11.2 Å². The van der Waals surface area contributed by atoms with E-state index in [9.17, 15) is 4.79 Å². The standard InChI is InChI=1S/C17H17N3O2S/c1-10-15(11(2)22-19-10)17(21)20-9-5-7-13(20)16-18-12-6-3-4-8-14(12)23-16/h3-4,6,8,13H,5,7,9H2,1-2H3/t13-/m0/s1. The van der Waals surface area contributed by atoms with Gasteiger partial charge < -0.3 is 9.42 Å².